The average molecular weight is 891 g/mol. The fourth-order valence-corrected chi connectivity index (χ4v) is 7.88. The lowest BCUT2D eigenvalue weighted by Gasteiger charge is -2.49. The maximum absolute atomic E-state index is 13.0. The zero-order chi connectivity index (χ0) is 45.2. The first-order valence-electron chi connectivity index (χ1n) is 21.9. The molecule has 0 saturated carbocycles. The summed E-state index contributed by atoms with van der Waals surface area (Å²) in [6.07, 6.45) is -10.2. The van der Waals surface area contributed by atoms with Gasteiger partial charge in [0.1, 0.15) is 36.6 Å². The maximum Gasteiger partial charge on any atom is 0.303 e. The summed E-state index contributed by atoms with van der Waals surface area (Å²) in [6, 6.07) is 48.6. The molecule has 2 saturated heterocycles. The third-order valence-electron chi connectivity index (χ3n) is 11.0. The lowest BCUT2D eigenvalue weighted by atomic mass is 9.96. The highest BCUT2D eigenvalue weighted by Gasteiger charge is 2.55. The van der Waals surface area contributed by atoms with Gasteiger partial charge < -0.3 is 52.1 Å². The molecular formula is C52H58O13. The SMILES string of the molecule is CO[C@H]1O[C@H](COCc2ccccc2)[C@@H](OCc2ccccc2)[C@H](OCc2ccccc2)[C@@H]1O[C@H]1O[C@H](COCc2ccccc2)[C@H](OC(C)=O)[C@H](OC(C)=O)[C@H]1OCc1ccccc1. The monoisotopic (exact) mass is 890 g/mol. The van der Waals surface area contributed by atoms with Gasteiger partial charge in [-0.2, -0.15) is 0 Å². The van der Waals surface area contributed by atoms with Crippen molar-refractivity contribution in [3.63, 3.8) is 0 Å². The van der Waals surface area contributed by atoms with Crippen LogP contribution < -0.4 is 0 Å². The number of carbonyl (C=O) groups is 2. The van der Waals surface area contributed by atoms with Gasteiger partial charge in [-0.3, -0.25) is 9.59 Å². The largest absolute Gasteiger partial charge is 0.456 e. The number of rotatable bonds is 22. The molecule has 13 nitrogen and oxygen atoms in total. The van der Waals surface area contributed by atoms with Crippen molar-refractivity contribution in [3.8, 4) is 0 Å². The molecule has 2 aliphatic heterocycles. The number of hydrogen-bond acceptors (Lipinski definition) is 13. The van der Waals surface area contributed by atoms with E-state index in [2.05, 4.69) is 0 Å². The first-order chi connectivity index (χ1) is 31.8. The molecule has 0 bridgehead atoms. The van der Waals surface area contributed by atoms with Crippen LogP contribution in [0.15, 0.2) is 152 Å². The number of ether oxygens (including phenoxy) is 11. The van der Waals surface area contributed by atoms with Crippen molar-refractivity contribution in [2.75, 3.05) is 20.3 Å². The quantitative estimate of drug-likeness (QED) is 0.0635. The Morgan fingerprint density at radius 2 is 0.769 bits per heavy atom. The van der Waals surface area contributed by atoms with Crippen LogP contribution in [-0.4, -0.2) is 93.7 Å². The van der Waals surface area contributed by atoms with Crippen LogP contribution in [0.1, 0.15) is 41.7 Å². The summed E-state index contributed by atoms with van der Waals surface area (Å²) < 4.78 is 71.4. The van der Waals surface area contributed by atoms with Crippen LogP contribution in [0.2, 0.25) is 0 Å². The number of esters is 2. The van der Waals surface area contributed by atoms with Gasteiger partial charge in [-0.05, 0) is 27.8 Å². The fraction of sp³-hybridized carbons (Fsp3) is 0.385. The fourth-order valence-electron chi connectivity index (χ4n) is 7.88. The predicted octanol–water partition coefficient (Wildman–Crippen LogP) is 7.52. The molecule has 0 aromatic heterocycles. The van der Waals surface area contributed by atoms with Crippen molar-refractivity contribution in [3.05, 3.63) is 179 Å². The van der Waals surface area contributed by atoms with Crippen molar-refractivity contribution >= 4 is 11.9 Å². The first-order valence-corrected chi connectivity index (χ1v) is 21.9. The van der Waals surface area contributed by atoms with Gasteiger partial charge in [-0.15, -0.1) is 0 Å². The van der Waals surface area contributed by atoms with Gasteiger partial charge >= 0.3 is 11.9 Å². The molecule has 5 aromatic carbocycles. The summed E-state index contributed by atoms with van der Waals surface area (Å²) in [6.45, 7) is 3.68. The van der Waals surface area contributed by atoms with Crippen LogP contribution in [-0.2, 0) is 94.7 Å². The summed E-state index contributed by atoms with van der Waals surface area (Å²) in [5.74, 6) is -1.24. The van der Waals surface area contributed by atoms with E-state index in [9.17, 15) is 9.59 Å². The molecule has 0 N–H and O–H groups in total. The Labute approximate surface area is 380 Å². The highest BCUT2D eigenvalue weighted by atomic mass is 16.8. The van der Waals surface area contributed by atoms with Crippen molar-refractivity contribution in [1.29, 1.82) is 0 Å². The van der Waals surface area contributed by atoms with Crippen LogP contribution in [0.5, 0.6) is 0 Å². The molecule has 0 radical (unpaired) electrons. The maximum atomic E-state index is 13.0. The molecule has 2 fully saturated rings. The van der Waals surface area contributed by atoms with Gasteiger partial charge in [0.15, 0.2) is 24.8 Å². The van der Waals surface area contributed by atoms with E-state index in [1.165, 1.54) is 21.0 Å². The van der Waals surface area contributed by atoms with Crippen molar-refractivity contribution in [2.24, 2.45) is 0 Å². The molecule has 0 unspecified atom stereocenters. The first kappa shape index (κ1) is 47.6. The van der Waals surface area contributed by atoms with Crippen molar-refractivity contribution in [2.45, 2.75) is 108 Å². The normalized spacial score (nSPS) is 25.4. The van der Waals surface area contributed by atoms with Crippen LogP contribution in [0.3, 0.4) is 0 Å². The summed E-state index contributed by atoms with van der Waals surface area (Å²) in [7, 11) is 1.52. The minimum atomic E-state index is -1.30. The zero-order valence-electron chi connectivity index (χ0n) is 37.0. The molecular weight excluding hydrogens is 833 g/mol. The Morgan fingerprint density at radius 1 is 0.415 bits per heavy atom. The summed E-state index contributed by atoms with van der Waals surface area (Å²) in [5, 5.41) is 0. The summed E-state index contributed by atoms with van der Waals surface area (Å²) in [4.78, 5) is 25.7. The number of benzene rings is 5. The van der Waals surface area contributed by atoms with Gasteiger partial charge in [-0.25, -0.2) is 0 Å². The van der Waals surface area contributed by atoms with E-state index in [1.807, 2.05) is 152 Å². The number of hydrogen-bond donors (Lipinski definition) is 0. The van der Waals surface area contributed by atoms with E-state index in [-0.39, 0.29) is 39.6 Å². The van der Waals surface area contributed by atoms with Gasteiger partial charge in [0.2, 0.25) is 0 Å². The van der Waals surface area contributed by atoms with Crippen LogP contribution in [0, 0.1) is 0 Å². The van der Waals surface area contributed by atoms with E-state index >= 15 is 0 Å². The Kier molecular flexibility index (Phi) is 18.2. The van der Waals surface area contributed by atoms with Gasteiger partial charge in [0, 0.05) is 21.0 Å². The predicted molar refractivity (Wildman–Crippen MR) is 238 cm³/mol. The molecule has 7 rings (SSSR count). The van der Waals surface area contributed by atoms with E-state index in [1.54, 1.807) is 0 Å². The Hall–Kier alpha value is -5.32. The molecule has 65 heavy (non-hydrogen) atoms. The highest BCUT2D eigenvalue weighted by molar-refractivity contribution is 5.67. The Bertz CT molecular complexity index is 2130. The summed E-state index contributed by atoms with van der Waals surface area (Å²) in [5.41, 5.74) is 4.61. The van der Waals surface area contributed by atoms with E-state index in [0.29, 0.717) is 6.61 Å². The molecule has 2 heterocycles. The summed E-state index contributed by atoms with van der Waals surface area (Å²) >= 11 is 0. The third kappa shape index (κ3) is 14.1. The Morgan fingerprint density at radius 3 is 1.18 bits per heavy atom. The minimum Gasteiger partial charge on any atom is -0.456 e. The molecule has 13 heteroatoms. The molecule has 0 spiro atoms. The number of carbonyl (C=O) groups excluding carboxylic acids is 2. The molecule has 5 aromatic rings. The van der Waals surface area contributed by atoms with E-state index in [4.69, 9.17) is 52.1 Å². The van der Waals surface area contributed by atoms with E-state index in [0.717, 1.165) is 27.8 Å². The smallest absolute Gasteiger partial charge is 0.303 e. The van der Waals surface area contributed by atoms with Gasteiger partial charge in [0.05, 0.1) is 46.2 Å². The van der Waals surface area contributed by atoms with Crippen molar-refractivity contribution < 1.29 is 61.7 Å². The van der Waals surface area contributed by atoms with Gasteiger partial charge in [0.25, 0.3) is 0 Å². The molecule has 0 aliphatic carbocycles. The second-order valence-electron chi connectivity index (χ2n) is 15.9. The van der Waals surface area contributed by atoms with Crippen LogP contribution in [0.25, 0.3) is 0 Å². The lowest BCUT2D eigenvalue weighted by Crippen LogP contribution is -2.66. The standard InChI is InChI=1S/C52H58O13/c1-36(53)61-46-44(35-57-30-39-21-11-5-12-22-39)64-52(49(48(46)62-37(2)54)60-33-42-27-17-8-18-28-42)65-50-47(59-32-41-25-15-7-16-26-41)45(58-31-40-23-13-6-14-24-40)43(63-51(50)55-3)34-56-29-38-19-9-4-10-20-38/h4-28,43-52H,29-35H2,1-3H3/t43-,44-,45-,46+,47+,48+,49-,50+,51+,52-/m1/s1. The van der Waals surface area contributed by atoms with E-state index < -0.39 is 73.4 Å². The molecule has 344 valence electrons. The molecule has 0 amide bonds. The highest BCUT2D eigenvalue weighted by Crippen LogP contribution is 2.36. The lowest BCUT2D eigenvalue weighted by molar-refractivity contribution is -0.377. The van der Waals surface area contributed by atoms with Crippen LogP contribution in [0.4, 0.5) is 0 Å². The van der Waals surface area contributed by atoms with Crippen LogP contribution >= 0.6 is 0 Å². The minimum absolute atomic E-state index is 0.0671. The average Bonchev–Trinajstić information content (AvgIpc) is 3.33. The third-order valence-corrected chi connectivity index (χ3v) is 11.0. The van der Waals surface area contributed by atoms with Gasteiger partial charge in [-0.1, -0.05) is 152 Å². The number of methoxy groups -OCH3 is 1. The molecule has 2 aliphatic rings. The molecule has 10 atom stereocenters. The topological polar surface area (TPSA) is 136 Å². The van der Waals surface area contributed by atoms with Crippen molar-refractivity contribution in [1.82, 2.24) is 0 Å². The second-order valence-corrected chi connectivity index (χ2v) is 15.9. The Balaban J connectivity index is 1.24. The second kappa shape index (κ2) is 24.8. The zero-order valence-corrected chi connectivity index (χ0v) is 37.0.